The van der Waals surface area contributed by atoms with Crippen molar-refractivity contribution in [1.82, 2.24) is 0 Å². The van der Waals surface area contributed by atoms with Gasteiger partial charge >= 0.3 is 0 Å². The summed E-state index contributed by atoms with van der Waals surface area (Å²) in [6.07, 6.45) is 15.0. The molecule has 3 heterocycles. The van der Waals surface area contributed by atoms with Gasteiger partial charge in [-0.1, -0.05) is 147 Å². The van der Waals surface area contributed by atoms with E-state index in [0.29, 0.717) is 0 Å². The van der Waals surface area contributed by atoms with Gasteiger partial charge in [0, 0.05) is 30.3 Å². The Kier molecular flexibility index (Phi) is 8.04. The first-order valence-electron chi connectivity index (χ1n) is 15.9. The maximum atomic E-state index is 4.15. The Morgan fingerprint density at radius 2 is 1.19 bits per heavy atom. The lowest BCUT2D eigenvalue weighted by Crippen LogP contribution is -1.93. The van der Waals surface area contributed by atoms with Gasteiger partial charge in [0.15, 0.2) is 0 Å². The van der Waals surface area contributed by atoms with Crippen LogP contribution in [0.5, 0.6) is 0 Å². The monoisotopic (exact) mass is 656 g/mol. The third-order valence-electron chi connectivity index (χ3n) is 8.75. The van der Waals surface area contributed by atoms with Crippen LogP contribution in [0.2, 0.25) is 0 Å². The van der Waals surface area contributed by atoms with E-state index in [-0.39, 0.29) is 0 Å². The highest BCUT2D eigenvalue weighted by Crippen LogP contribution is 2.52. The molecule has 1 aliphatic rings. The van der Waals surface area contributed by atoms with Gasteiger partial charge in [0.25, 0.3) is 0 Å². The molecule has 3 heteroatoms. The minimum atomic E-state index is 1.07. The van der Waals surface area contributed by atoms with Crippen molar-refractivity contribution in [3.63, 3.8) is 0 Å². The molecule has 0 fully saturated rings. The number of fused-ring (bicyclic) bond motifs is 3. The normalized spacial score (nSPS) is 13.3. The summed E-state index contributed by atoms with van der Waals surface area (Å²) in [5.41, 5.74) is 12.4. The summed E-state index contributed by atoms with van der Waals surface area (Å²) in [5, 5.41) is 0. The SMILES string of the molecule is C=C/C=C(\C=C)c1cccc(-c2ccccc2)c1-c1cc2sc3cc(-c4c(C5=CCCC=C5)cccc4-c4ccccc4)sc3c2s1. The summed E-state index contributed by atoms with van der Waals surface area (Å²) in [6, 6.07) is 39.8. The zero-order valence-electron chi connectivity index (χ0n) is 25.9. The van der Waals surface area contributed by atoms with E-state index in [9.17, 15) is 0 Å². The van der Waals surface area contributed by atoms with Crippen LogP contribution >= 0.6 is 34.0 Å². The molecule has 0 N–H and O–H groups in total. The molecule has 0 saturated heterocycles. The van der Waals surface area contributed by atoms with Gasteiger partial charge in [-0.3, -0.25) is 0 Å². The number of thiophene rings is 3. The lowest BCUT2D eigenvalue weighted by atomic mass is 9.89. The van der Waals surface area contributed by atoms with Crippen LogP contribution in [0.4, 0.5) is 0 Å². The van der Waals surface area contributed by atoms with E-state index in [1.54, 1.807) is 0 Å². The summed E-state index contributed by atoms with van der Waals surface area (Å²) < 4.78 is 5.44. The van der Waals surface area contributed by atoms with E-state index in [1.807, 2.05) is 46.2 Å². The molecule has 7 aromatic rings. The topological polar surface area (TPSA) is 0 Å². The van der Waals surface area contributed by atoms with Gasteiger partial charge in [0.05, 0.1) is 9.40 Å². The Labute approximate surface area is 288 Å². The number of rotatable bonds is 8. The first kappa shape index (κ1) is 29.6. The van der Waals surface area contributed by atoms with E-state index < -0.39 is 0 Å². The van der Waals surface area contributed by atoms with Crippen molar-refractivity contribution < 1.29 is 0 Å². The van der Waals surface area contributed by atoms with Gasteiger partial charge in [-0.15, -0.1) is 34.0 Å². The molecule has 0 spiro atoms. The van der Waals surface area contributed by atoms with Gasteiger partial charge in [-0.25, -0.2) is 0 Å². The second-order valence-electron chi connectivity index (χ2n) is 11.6. The van der Waals surface area contributed by atoms with Crippen LogP contribution in [-0.2, 0) is 0 Å². The summed E-state index contributed by atoms with van der Waals surface area (Å²) in [5.74, 6) is 0. The van der Waals surface area contributed by atoms with Crippen LogP contribution in [0, 0.1) is 0 Å². The largest absolute Gasteiger partial charge is 0.133 e. The van der Waals surface area contributed by atoms with Gasteiger partial charge in [-0.2, -0.15) is 0 Å². The third kappa shape index (κ3) is 5.41. The van der Waals surface area contributed by atoms with Gasteiger partial charge in [-0.05, 0) is 69.5 Å². The molecule has 0 bridgehead atoms. The molecular formula is C44H32S3. The fraction of sp³-hybridized carbons (Fsp3) is 0.0455. The highest BCUT2D eigenvalue weighted by Gasteiger charge is 2.22. The maximum absolute atomic E-state index is 4.15. The van der Waals surface area contributed by atoms with Crippen molar-refractivity contribution in [2.75, 3.05) is 0 Å². The van der Waals surface area contributed by atoms with Crippen LogP contribution in [0.1, 0.15) is 24.0 Å². The number of benzene rings is 4. The second kappa shape index (κ2) is 12.8. The molecule has 4 aromatic carbocycles. The zero-order valence-corrected chi connectivity index (χ0v) is 28.4. The molecule has 1 aliphatic carbocycles. The molecule has 0 atom stereocenters. The van der Waals surface area contributed by atoms with Crippen LogP contribution in [0.3, 0.4) is 0 Å². The quantitative estimate of drug-likeness (QED) is 0.143. The van der Waals surface area contributed by atoms with Crippen LogP contribution < -0.4 is 0 Å². The Bertz CT molecular complexity index is 2370. The zero-order chi connectivity index (χ0) is 31.7. The van der Waals surface area contributed by atoms with Crippen molar-refractivity contribution in [3.8, 4) is 43.1 Å². The van der Waals surface area contributed by atoms with Crippen LogP contribution in [0.15, 0.2) is 159 Å². The van der Waals surface area contributed by atoms with Crippen molar-refractivity contribution >= 4 is 64.0 Å². The number of hydrogen-bond donors (Lipinski definition) is 0. The highest BCUT2D eigenvalue weighted by molar-refractivity contribution is 7.40. The summed E-state index contributed by atoms with van der Waals surface area (Å²) in [7, 11) is 0. The van der Waals surface area contributed by atoms with Gasteiger partial charge < -0.3 is 0 Å². The lowest BCUT2D eigenvalue weighted by Gasteiger charge is -2.16. The van der Waals surface area contributed by atoms with Gasteiger partial charge in [0.2, 0.25) is 0 Å². The molecule has 0 aliphatic heterocycles. The van der Waals surface area contributed by atoms with Gasteiger partial charge in [0.1, 0.15) is 0 Å². The fourth-order valence-corrected chi connectivity index (χ4v) is 10.8. The Morgan fingerprint density at radius 1 is 0.596 bits per heavy atom. The third-order valence-corrected chi connectivity index (χ3v) is 12.6. The van der Waals surface area contributed by atoms with Crippen molar-refractivity contribution in [1.29, 1.82) is 0 Å². The molecule has 0 nitrogen and oxygen atoms in total. The minimum Gasteiger partial charge on any atom is -0.133 e. The standard InChI is InChI=1S/C44H32S3/c1-3-16-29(4-2)33-23-14-24-34(30-17-8-5-9-18-30)41(33)37-27-39-43(46-37)44-40(45-39)28-38(47-44)42-35(31-19-10-6-11-20-31)25-15-26-36(42)32-21-12-7-13-22-32/h3-6,8-12,14-28H,1-2,7,13H2/b29-16+. The average molecular weight is 657 g/mol. The number of hydrogen-bond acceptors (Lipinski definition) is 3. The van der Waals surface area contributed by atoms with Crippen molar-refractivity contribution in [3.05, 3.63) is 170 Å². The molecular weight excluding hydrogens is 625 g/mol. The smallest absolute Gasteiger partial charge is 0.0636 e. The van der Waals surface area contributed by atoms with E-state index in [2.05, 4.69) is 147 Å². The second-order valence-corrected chi connectivity index (χ2v) is 14.8. The first-order chi connectivity index (χ1) is 23.2. The van der Waals surface area contributed by atoms with E-state index in [4.69, 9.17) is 0 Å². The van der Waals surface area contributed by atoms with Crippen molar-refractivity contribution in [2.24, 2.45) is 0 Å². The molecule has 8 rings (SSSR count). The molecule has 0 amide bonds. The molecule has 47 heavy (non-hydrogen) atoms. The average Bonchev–Trinajstić information content (AvgIpc) is 3.82. The number of allylic oxidation sites excluding steroid dienone is 8. The minimum absolute atomic E-state index is 1.07. The fourth-order valence-electron chi connectivity index (χ4n) is 6.62. The highest BCUT2D eigenvalue weighted by atomic mass is 32.1. The van der Waals surface area contributed by atoms with Crippen LogP contribution in [0.25, 0.3) is 73.1 Å². The molecule has 0 saturated carbocycles. The van der Waals surface area contributed by atoms with E-state index in [0.717, 1.165) is 18.4 Å². The Balaban J connectivity index is 1.33. The predicted molar refractivity (Wildman–Crippen MR) is 212 cm³/mol. The summed E-state index contributed by atoms with van der Waals surface area (Å²) >= 11 is 5.75. The molecule has 226 valence electrons. The van der Waals surface area contributed by atoms with Crippen molar-refractivity contribution in [2.45, 2.75) is 12.8 Å². The van der Waals surface area contributed by atoms with E-state index in [1.165, 1.54) is 78.6 Å². The lowest BCUT2D eigenvalue weighted by molar-refractivity contribution is 1.04. The molecule has 0 radical (unpaired) electrons. The van der Waals surface area contributed by atoms with E-state index >= 15 is 0 Å². The Hall–Kier alpha value is -4.80. The van der Waals surface area contributed by atoms with Crippen LogP contribution in [-0.4, -0.2) is 0 Å². The molecule has 3 aromatic heterocycles. The Morgan fingerprint density at radius 3 is 1.79 bits per heavy atom. The summed E-state index contributed by atoms with van der Waals surface area (Å²) in [6.45, 7) is 8.13. The first-order valence-corrected chi connectivity index (χ1v) is 18.3. The summed E-state index contributed by atoms with van der Waals surface area (Å²) in [4.78, 5) is 2.60. The molecule has 0 unspecified atom stereocenters. The predicted octanol–water partition coefficient (Wildman–Crippen LogP) is 14.3. The maximum Gasteiger partial charge on any atom is 0.0636 e.